The molecule has 1 N–H and O–H groups in total. The molecule has 1 aromatic heterocycles. The number of rotatable bonds is 3. The van der Waals surface area contributed by atoms with Crippen molar-refractivity contribution < 1.29 is 9.18 Å². The van der Waals surface area contributed by atoms with Gasteiger partial charge in [-0.1, -0.05) is 12.1 Å². The third kappa shape index (κ3) is 3.38. The number of amides is 1. The number of nitrogens with zero attached hydrogens (tertiary/aromatic N) is 1. The van der Waals surface area contributed by atoms with Gasteiger partial charge in [0.1, 0.15) is 5.82 Å². The van der Waals surface area contributed by atoms with Gasteiger partial charge in [0.05, 0.1) is 18.3 Å². The zero-order chi connectivity index (χ0) is 12.1. The molecule has 0 atom stereocenters. The van der Waals surface area contributed by atoms with E-state index in [0.29, 0.717) is 11.3 Å². The van der Waals surface area contributed by atoms with Gasteiger partial charge in [0, 0.05) is 6.20 Å². The van der Waals surface area contributed by atoms with E-state index < -0.39 is 0 Å². The lowest BCUT2D eigenvalue weighted by atomic mass is 10.1. The first-order valence-electron chi connectivity index (χ1n) is 5.18. The van der Waals surface area contributed by atoms with Crippen LogP contribution in [0.15, 0.2) is 48.8 Å². The van der Waals surface area contributed by atoms with E-state index in [1.165, 1.54) is 12.1 Å². The molecular formula is C13H11FN2O. The van der Waals surface area contributed by atoms with Crippen molar-refractivity contribution in [3.63, 3.8) is 0 Å². The van der Waals surface area contributed by atoms with E-state index in [4.69, 9.17) is 0 Å². The Morgan fingerprint density at radius 2 is 2.18 bits per heavy atom. The molecule has 0 bridgehead atoms. The predicted molar refractivity (Wildman–Crippen MR) is 63.0 cm³/mol. The molecule has 3 nitrogen and oxygen atoms in total. The molecule has 0 fully saturated rings. The van der Waals surface area contributed by atoms with Crippen LogP contribution in [0.1, 0.15) is 5.56 Å². The maximum absolute atomic E-state index is 12.9. The van der Waals surface area contributed by atoms with Gasteiger partial charge in [-0.05, 0) is 29.8 Å². The van der Waals surface area contributed by atoms with Gasteiger partial charge in [-0.25, -0.2) is 4.39 Å². The highest BCUT2D eigenvalue weighted by Crippen LogP contribution is 2.07. The molecule has 2 aromatic rings. The van der Waals surface area contributed by atoms with Crippen molar-refractivity contribution in [2.24, 2.45) is 0 Å². The standard InChI is InChI=1S/C13H11FN2O/c14-11-4-1-3-10(7-11)8-13(17)16-12-5-2-6-15-9-12/h1-7,9H,8H2,(H,16,17). The van der Waals surface area contributed by atoms with E-state index in [9.17, 15) is 9.18 Å². The third-order valence-electron chi connectivity index (χ3n) is 2.20. The topological polar surface area (TPSA) is 42.0 Å². The number of nitrogens with one attached hydrogen (secondary N) is 1. The van der Waals surface area contributed by atoms with E-state index >= 15 is 0 Å². The zero-order valence-corrected chi connectivity index (χ0v) is 9.06. The van der Waals surface area contributed by atoms with Crippen LogP contribution in [0, 0.1) is 5.82 Å². The van der Waals surface area contributed by atoms with Gasteiger partial charge in [0.2, 0.25) is 5.91 Å². The molecule has 2 rings (SSSR count). The van der Waals surface area contributed by atoms with Crippen molar-refractivity contribution in [2.45, 2.75) is 6.42 Å². The summed E-state index contributed by atoms with van der Waals surface area (Å²) in [4.78, 5) is 15.5. The molecule has 0 saturated carbocycles. The van der Waals surface area contributed by atoms with Crippen LogP contribution in [-0.4, -0.2) is 10.9 Å². The quantitative estimate of drug-likeness (QED) is 0.879. The van der Waals surface area contributed by atoms with Gasteiger partial charge < -0.3 is 5.32 Å². The third-order valence-corrected chi connectivity index (χ3v) is 2.20. The van der Waals surface area contributed by atoms with Crippen molar-refractivity contribution in [1.82, 2.24) is 4.98 Å². The lowest BCUT2D eigenvalue weighted by Gasteiger charge is -2.04. The van der Waals surface area contributed by atoms with Crippen LogP contribution < -0.4 is 5.32 Å². The van der Waals surface area contributed by atoms with Crippen molar-refractivity contribution in [1.29, 1.82) is 0 Å². The number of pyridine rings is 1. The maximum Gasteiger partial charge on any atom is 0.228 e. The van der Waals surface area contributed by atoms with Crippen LogP contribution in [0.3, 0.4) is 0 Å². The fraction of sp³-hybridized carbons (Fsp3) is 0.0769. The summed E-state index contributed by atoms with van der Waals surface area (Å²) in [6.07, 6.45) is 3.33. The molecule has 4 heteroatoms. The number of carbonyl (C=O) groups is 1. The Kier molecular flexibility index (Phi) is 3.45. The van der Waals surface area contributed by atoms with Crippen molar-refractivity contribution in [2.75, 3.05) is 5.32 Å². The van der Waals surface area contributed by atoms with Gasteiger partial charge in [0.25, 0.3) is 0 Å². The van der Waals surface area contributed by atoms with Gasteiger partial charge in [-0.3, -0.25) is 9.78 Å². The fourth-order valence-corrected chi connectivity index (χ4v) is 1.47. The summed E-state index contributed by atoms with van der Waals surface area (Å²) in [6.45, 7) is 0. The number of aromatic nitrogens is 1. The van der Waals surface area contributed by atoms with E-state index in [1.807, 2.05) is 0 Å². The molecule has 0 spiro atoms. The summed E-state index contributed by atoms with van der Waals surface area (Å²) in [5, 5.41) is 2.69. The molecule has 1 aromatic carbocycles. The molecule has 0 aliphatic heterocycles. The normalized spacial score (nSPS) is 9.94. The minimum Gasteiger partial charge on any atom is -0.324 e. The van der Waals surface area contributed by atoms with Gasteiger partial charge in [-0.2, -0.15) is 0 Å². The van der Waals surface area contributed by atoms with Crippen LogP contribution in [-0.2, 0) is 11.2 Å². The summed E-state index contributed by atoms with van der Waals surface area (Å²) >= 11 is 0. The number of anilines is 1. The highest BCUT2D eigenvalue weighted by atomic mass is 19.1. The summed E-state index contributed by atoms with van der Waals surface area (Å²) in [5.74, 6) is -0.528. The average Bonchev–Trinajstić information content (AvgIpc) is 2.30. The molecule has 0 radical (unpaired) electrons. The molecule has 0 saturated heterocycles. The summed E-state index contributed by atoms with van der Waals surface area (Å²) in [6, 6.07) is 9.48. The smallest absolute Gasteiger partial charge is 0.228 e. The predicted octanol–water partition coefficient (Wildman–Crippen LogP) is 2.40. The van der Waals surface area contributed by atoms with Crippen molar-refractivity contribution in [3.05, 3.63) is 60.2 Å². The number of benzene rings is 1. The van der Waals surface area contributed by atoms with Crippen molar-refractivity contribution >= 4 is 11.6 Å². The molecule has 86 valence electrons. The molecule has 17 heavy (non-hydrogen) atoms. The van der Waals surface area contributed by atoms with E-state index in [2.05, 4.69) is 10.3 Å². The van der Waals surface area contributed by atoms with E-state index in [0.717, 1.165) is 0 Å². The highest BCUT2D eigenvalue weighted by molar-refractivity contribution is 5.92. The monoisotopic (exact) mass is 230 g/mol. The van der Waals surface area contributed by atoms with Crippen LogP contribution in [0.4, 0.5) is 10.1 Å². The second-order valence-electron chi connectivity index (χ2n) is 3.60. The number of hydrogen-bond donors (Lipinski definition) is 1. The Morgan fingerprint density at radius 3 is 2.88 bits per heavy atom. The number of hydrogen-bond acceptors (Lipinski definition) is 2. The summed E-state index contributed by atoms with van der Waals surface area (Å²) in [7, 11) is 0. The minimum atomic E-state index is -0.336. The molecule has 1 amide bonds. The molecule has 1 heterocycles. The van der Waals surface area contributed by atoms with Crippen LogP contribution in [0.2, 0.25) is 0 Å². The molecule has 0 unspecified atom stereocenters. The van der Waals surface area contributed by atoms with Crippen molar-refractivity contribution in [3.8, 4) is 0 Å². The van der Waals surface area contributed by atoms with Crippen LogP contribution in [0.5, 0.6) is 0 Å². The average molecular weight is 230 g/mol. The summed E-state index contributed by atoms with van der Waals surface area (Å²) < 4.78 is 12.9. The minimum absolute atomic E-state index is 0.145. The second-order valence-corrected chi connectivity index (χ2v) is 3.60. The van der Waals surface area contributed by atoms with E-state index in [-0.39, 0.29) is 18.1 Å². The van der Waals surface area contributed by atoms with Gasteiger partial charge in [0.15, 0.2) is 0 Å². The SMILES string of the molecule is O=C(Cc1cccc(F)c1)Nc1cccnc1. The fourth-order valence-electron chi connectivity index (χ4n) is 1.47. The maximum atomic E-state index is 12.9. The largest absolute Gasteiger partial charge is 0.324 e. The first-order valence-corrected chi connectivity index (χ1v) is 5.18. The number of halogens is 1. The number of carbonyl (C=O) groups excluding carboxylic acids is 1. The van der Waals surface area contributed by atoms with Gasteiger partial charge in [-0.15, -0.1) is 0 Å². The lowest BCUT2D eigenvalue weighted by molar-refractivity contribution is -0.115. The lowest BCUT2D eigenvalue weighted by Crippen LogP contribution is -2.14. The Hall–Kier alpha value is -2.23. The molecular weight excluding hydrogens is 219 g/mol. The first-order chi connectivity index (χ1) is 8.24. The Morgan fingerprint density at radius 1 is 1.29 bits per heavy atom. The molecule has 0 aliphatic rings. The van der Waals surface area contributed by atoms with E-state index in [1.54, 1.807) is 36.7 Å². The Labute approximate surface area is 98.3 Å². The van der Waals surface area contributed by atoms with Crippen LogP contribution in [0.25, 0.3) is 0 Å². The highest BCUT2D eigenvalue weighted by Gasteiger charge is 2.04. The Balaban J connectivity index is 1.98. The second kappa shape index (κ2) is 5.21. The van der Waals surface area contributed by atoms with Gasteiger partial charge >= 0.3 is 0 Å². The summed E-state index contributed by atoms with van der Waals surface area (Å²) in [5.41, 5.74) is 1.28. The first kappa shape index (κ1) is 11.3. The van der Waals surface area contributed by atoms with Crippen LogP contribution >= 0.6 is 0 Å². The molecule has 0 aliphatic carbocycles. The zero-order valence-electron chi connectivity index (χ0n) is 9.06. The Bertz CT molecular complexity index is 514.